The molecule has 0 amide bonds. The molecule has 3 atom stereocenters. The van der Waals surface area contributed by atoms with Crippen LogP contribution >= 0.6 is 12.2 Å². The highest BCUT2D eigenvalue weighted by Gasteiger charge is 2.41. The first-order valence-electron chi connectivity index (χ1n) is 9.88. The average Bonchev–Trinajstić information content (AvgIpc) is 3.38. The smallest absolute Gasteiger partial charge is 0.170 e. The molecular weight excluding hydrogens is 356 g/mol. The van der Waals surface area contributed by atoms with Crippen molar-refractivity contribution in [2.24, 2.45) is 5.92 Å². The van der Waals surface area contributed by atoms with Crippen molar-refractivity contribution in [3.8, 4) is 0 Å². The maximum atomic E-state index is 5.88. The number of pyridine rings is 1. The Morgan fingerprint density at radius 2 is 2.19 bits per heavy atom. The molecule has 2 saturated heterocycles. The number of thiocarbonyl (C=S) groups is 1. The molecule has 0 aromatic carbocycles. The maximum absolute atomic E-state index is 5.88. The number of nitrogens with zero attached hydrogens (tertiary/aromatic N) is 3. The van der Waals surface area contributed by atoms with Gasteiger partial charge in [-0.05, 0) is 55.2 Å². The van der Waals surface area contributed by atoms with Crippen molar-refractivity contribution >= 4 is 17.3 Å². The summed E-state index contributed by atoms with van der Waals surface area (Å²) in [6.45, 7) is 7.17. The van der Waals surface area contributed by atoms with Gasteiger partial charge in [-0.2, -0.15) is 0 Å². The second-order valence-corrected chi connectivity index (χ2v) is 8.28. The van der Waals surface area contributed by atoms with Crippen LogP contribution in [0.1, 0.15) is 50.2 Å². The van der Waals surface area contributed by atoms with E-state index in [-0.39, 0.29) is 12.1 Å². The van der Waals surface area contributed by atoms with E-state index in [2.05, 4.69) is 58.0 Å². The van der Waals surface area contributed by atoms with Crippen LogP contribution in [0, 0.1) is 5.92 Å². The second kappa shape index (κ2) is 7.98. The Bertz CT molecular complexity index is 769. The van der Waals surface area contributed by atoms with Crippen LogP contribution in [0.3, 0.4) is 0 Å². The van der Waals surface area contributed by atoms with Crippen molar-refractivity contribution in [2.75, 3.05) is 13.2 Å². The lowest BCUT2D eigenvalue weighted by atomic mass is 10.0. The predicted molar refractivity (Wildman–Crippen MR) is 110 cm³/mol. The summed E-state index contributed by atoms with van der Waals surface area (Å²) in [7, 11) is 0. The van der Waals surface area contributed by atoms with Gasteiger partial charge in [0.25, 0.3) is 0 Å². The minimum atomic E-state index is 0.0515. The predicted octanol–water partition coefficient (Wildman–Crippen LogP) is 3.69. The summed E-state index contributed by atoms with van der Waals surface area (Å²) in [5, 5.41) is 4.35. The summed E-state index contributed by atoms with van der Waals surface area (Å²) < 4.78 is 8.23. The Balaban J connectivity index is 1.68. The van der Waals surface area contributed by atoms with Gasteiger partial charge in [0.15, 0.2) is 5.11 Å². The molecule has 6 heteroatoms. The quantitative estimate of drug-likeness (QED) is 0.770. The third-order valence-corrected chi connectivity index (χ3v) is 5.70. The van der Waals surface area contributed by atoms with Gasteiger partial charge in [-0.1, -0.05) is 19.9 Å². The van der Waals surface area contributed by atoms with Crippen molar-refractivity contribution in [2.45, 2.75) is 51.4 Å². The zero-order valence-corrected chi connectivity index (χ0v) is 16.9. The first-order chi connectivity index (χ1) is 13.1. The van der Waals surface area contributed by atoms with Gasteiger partial charge in [-0.25, -0.2) is 0 Å². The molecule has 4 heterocycles. The molecule has 0 radical (unpaired) electrons. The number of hydrogen-bond acceptors (Lipinski definition) is 3. The van der Waals surface area contributed by atoms with Gasteiger partial charge < -0.3 is 19.5 Å². The van der Waals surface area contributed by atoms with Crippen molar-refractivity contribution in [1.82, 2.24) is 19.8 Å². The van der Waals surface area contributed by atoms with E-state index in [4.69, 9.17) is 17.0 Å². The van der Waals surface area contributed by atoms with E-state index in [1.165, 1.54) is 5.69 Å². The van der Waals surface area contributed by atoms with E-state index < -0.39 is 0 Å². The lowest BCUT2D eigenvalue weighted by Crippen LogP contribution is -2.34. The largest absolute Gasteiger partial charge is 0.376 e. The lowest BCUT2D eigenvalue weighted by molar-refractivity contribution is 0.0952. The van der Waals surface area contributed by atoms with Gasteiger partial charge in [0.2, 0.25) is 0 Å². The molecule has 0 spiro atoms. The first-order valence-corrected chi connectivity index (χ1v) is 10.3. The van der Waals surface area contributed by atoms with Gasteiger partial charge >= 0.3 is 0 Å². The molecule has 2 aliphatic rings. The fourth-order valence-corrected chi connectivity index (χ4v) is 4.50. The molecule has 0 bridgehead atoms. The van der Waals surface area contributed by atoms with Crippen LogP contribution in [0.25, 0.3) is 0 Å². The molecule has 27 heavy (non-hydrogen) atoms. The Kier molecular flexibility index (Phi) is 5.45. The molecule has 2 aromatic heterocycles. The molecule has 144 valence electrons. The molecular formula is C21H28N4OS. The van der Waals surface area contributed by atoms with Crippen LogP contribution in [0.4, 0.5) is 0 Å². The number of nitrogens with one attached hydrogen (secondary N) is 1. The monoisotopic (exact) mass is 384 g/mol. The summed E-state index contributed by atoms with van der Waals surface area (Å²) in [5.41, 5.74) is 2.30. The Morgan fingerprint density at radius 3 is 2.89 bits per heavy atom. The minimum Gasteiger partial charge on any atom is -0.376 e. The zero-order chi connectivity index (χ0) is 18.8. The van der Waals surface area contributed by atoms with E-state index in [1.807, 2.05) is 18.3 Å². The molecule has 2 aromatic rings. The maximum Gasteiger partial charge on any atom is 0.170 e. The second-order valence-electron chi connectivity index (χ2n) is 7.89. The van der Waals surface area contributed by atoms with E-state index >= 15 is 0 Å². The topological polar surface area (TPSA) is 42.3 Å². The zero-order valence-electron chi connectivity index (χ0n) is 16.0. The number of rotatable bonds is 6. The van der Waals surface area contributed by atoms with Gasteiger partial charge in [-0.3, -0.25) is 4.98 Å². The van der Waals surface area contributed by atoms with Crippen LogP contribution in [0.15, 0.2) is 42.7 Å². The summed E-state index contributed by atoms with van der Waals surface area (Å²) in [5.74, 6) is 0.524. The highest BCUT2D eigenvalue weighted by molar-refractivity contribution is 7.80. The normalized spacial score (nSPS) is 25.4. The van der Waals surface area contributed by atoms with Crippen molar-refractivity contribution in [3.05, 3.63) is 54.1 Å². The average molecular weight is 385 g/mol. The number of hydrogen-bond donors (Lipinski definition) is 1. The van der Waals surface area contributed by atoms with Gasteiger partial charge in [0.1, 0.15) is 0 Å². The fourth-order valence-electron chi connectivity index (χ4n) is 4.19. The Hall–Kier alpha value is -1.92. The van der Waals surface area contributed by atoms with Crippen molar-refractivity contribution in [1.29, 1.82) is 0 Å². The highest BCUT2D eigenvalue weighted by Crippen LogP contribution is 2.39. The highest BCUT2D eigenvalue weighted by atomic mass is 32.1. The van der Waals surface area contributed by atoms with Crippen LogP contribution in [-0.2, 0) is 11.3 Å². The minimum absolute atomic E-state index is 0.0515. The summed E-state index contributed by atoms with van der Waals surface area (Å²) >= 11 is 5.73. The standard InChI is InChI=1S/C21H28N4OS/c1-15(2)13-25-20(19(23-21(25)27)17-8-3-4-10-22-17)18-9-5-11-24(18)14-16-7-6-12-26-16/h3-5,8-11,15-16,19-20H,6-7,12-14H2,1-2H3,(H,23,27)/t16-,19-,20+/m1/s1. The molecule has 2 fully saturated rings. The summed E-state index contributed by atoms with van der Waals surface area (Å²) in [6, 6.07) is 10.6. The SMILES string of the molecule is CC(C)CN1C(=S)N[C@H](c2ccccn2)[C@@H]1c1cccn1C[C@H]1CCCO1. The molecule has 5 nitrogen and oxygen atoms in total. The molecule has 0 unspecified atom stereocenters. The lowest BCUT2D eigenvalue weighted by Gasteiger charge is -2.30. The van der Waals surface area contributed by atoms with Crippen molar-refractivity contribution < 1.29 is 4.74 Å². The van der Waals surface area contributed by atoms with Crippen molar-refractivity contribution in [3.63, 3.8) is 0 Å². The third kappa shape index (κ3) is 3.87. The van der Waals surface area contributed by atoms with E-state index in [1.54, 1.807) is 0 Å². The van der Waals surface area contributed by atoms with E-state index in [0.717, 1.165) is 43.3 Å². The fraction of sp³-hybridized carbons (Fsp3) is 0.524. The molecule has 0 saturated carbocycles. The van der Waals surface area contributed by atoms with E-state index in [0.29, 0.717) is 12.0 Å². The summed E-state index contributed by atoms with van der Waals surface area (Å²) in [6.07, 6.45) is 6.63. The van der Waals surface area contributed by atoms with Crippen LogP contribution in [0.2, 0.25) is 0 Å². The number of ether oxygens (including phenoxy) is 1. The molecule has 4 rings (SSSR count). The van der Waals surface area contributed by atoms with Gasteiger partial charge in [0, 0.05) is 37.8 Å². The molecule has 1 N–H and O–H groups in total. The molecule has 0 aliphatic carbocycles. The van der Waals surface area contributed by atoms with Gasteiger partial charge in [-0.15, -0.1) is 0 Å². The Labute approximate surface area is 166 Å². The van der Waals surface area contributed by atoms with Crippen LogP contribution < -0.4 is 5.32 Å². The van der Waals surface area contributed by atoms with Crippen LogP contribution in [0.5, 0.6) is 0 Å². The van der Waals surface area contributed by atoms with Gasteiger partial charge in [0.05, 0.1) is 23.9 Å². The third-order valence-electron chi connectivity index (χ3n) is 5.35. The molecule has 2 aliphatic heterocycles. The summed E-state index contributed by atoms with van der Waals surface area (Å²) in [4.78, 5) is 6.95. The van der Waals surface area contributed by atoms with Crippen LogP contribution in [-0.4, -0.2) is 38.8 Å². The number of aromatic nitrogens is 2. The Morgan fingerprint density at radius 1 is 1.30 bits per heavy atom. The van der Waals surface area contributed by atoms with E-state index in [9.17, 15) is 0 Å². The first kappa shape index (κ1) is 18.4.